The Bertz CT molecular complexity index is 2770. The molecule has 0 spiro atoms. The highest BCUT2D eigenvalue weighted by Gasteiger charge is 2.19. The largest absolute Gasteiger partial charge is 0.456 e. The van der Waals surface area contributed by atoms with Crippen molar-refractivity contribution >= 4 is 72.0 Å². The Morgan fingerprint density at radius 1 is 0.396 bits per heavy atom. The van der Waals surface area contributed by atoms with Crippen molar-refractivity contribution < 1.29 is 13.3 Å². The highest BCUT2D eigenvalue weighted by molar-refractivity contribution is 6.11. The molecule has 7 aromatic carbocycles. The Balaban J connectivity index is 1.03. The highest BCUT2D eigenvalue weighted by Crippen LogP contribution is 2.43. The lowest BCUT2D eigenvalue weighted by Crippen LogP contribution is -2.10. The zero-order valence-corrected chi connectivity index (χ0v) is 25.6. The molecule has 5 heteroatoms. The Kier molecular flexibility index (Phi) is 5.81. The lowest BCUT2D eigenvalue weighted by atomic mass is 10.0. The number of furan rings is 2. The van der Waals surface area contributed by atoms with E-state index in [9.17, 15) is 0 Å². The summed E-state index contributed by atoms with van der Waals surface area (Å²) in [6.07, 6.45) is 0. The van der Waals surface area contributed by atoms with Crippen LogP contribution in [-0.2, 0) is 0 Å². The van der Waals surface area contributed by atoms with Gasteiger partial charge in [-0.3, -0.25) is 0 Å². The summed E-state index contributed by atoms with van der Waals surface area (Å²) in [5.74, 6) is 0.605. The molecule has 0 amide bonds. The quantitative estimate of drug-likeness (QED) is 0.192. The molecule has 5 nitrogen and oxygen atoms in total. The Morgan fingerprint density at radius 2 is 1.08 bits per heavy atom. The summed E-state index contributed by atoms with van der Waals surface area (Å²) in [5.41, 5.74) is 11.1. The van der Waals surface area contributed by atoms with Crippen molar-refractivity contribution in [2.75, 3.05) is 4.90 Å². The molecular formula is C43H26N2O3. The molecule has 0 radical (unpaired) electrons. The number of anilines is 3. The van der Waals surface area contributed by atoms with E-state index in [4.69, 9.17) is 18.2 Å². The van der Waals surface area contributed by atoms with Crippen LogP contribution in [0.5, 0.6) is 0 Å². The summed E-state index contributed by atoms with van der Waals surface area (Å²) < 4.78 is 19.0. The molecule has 10 aromatic rings. The molecule has 0 N–H and O–H groups in total. The van der Waals surface area contributed by atoms with Gasteiger partial charge in [0.25, 0.3) is 0 Å². The van der Waals surface area contributed by atoms with E-state index in [-0.39, 0.29) is 0 Å². The minimum atomic E-state index is 0.605. The molecule has 48 heavy (non-hydrogen) atoms. The molecule has 3 aromatic heterocycles. The van der Waals surface area contributed by atoms with Crippen molar-refractivity contribution in [3.63, 3.8) is 0 Å². The number of hydrogen-bond acceptors (Lipinski definition) is 5. The van der Waals surface area contributed by atoms with Crippen LogP contribution in [-0.4, -0.2) is 4.98 Å². The Morgan fingerprint density at radius 3 is 1.94 bits per heavy atom. The Hall–Kier alpha value is -6.59. The van der Waals surface area contributed by atoms with Gasteiger partial charge in [0.2, 0.25) is 5.89 Å². The molecule has 0 unspecified atom stereocenters. The average molecular weight is 619 g/mol. The minimum absolute atomic E-state index is 0.605. The molecule has 226 valence electrons. The fraction of sp³-hybridized carbons (Fsp3) is 0. The summed E-state index contributed by atoms with van der Waals surface area (Å²) in [4.78, 5) is 6.98. The van der Waals surface area contributed by atoms with Gasteiger partial charge >= 0.3 is 0 Å². The van der Waals surface area contributed by atoms with Gasteiger partial charge in [-0.15, -0.1) is 0 Å². The predicted molar refractivity (Wildman–Crippen MR) is 194 cm³/mol. The molecule has 0 atom stereocenters. The van der Waals surface area contributed by atoms with Gasteiger partial charge in [-0.2, -0.15) is 0 Å². The van der Waals surface area contributed by atoms with Crippen LogP contribution in [0.2, 0.25) is 0 Å². The molecule has 0 bridgehead atoms. The van der Waals surface area contributed by atoms with Gasteiger partial charge in [-0.25, -0.2) is 4.98 Å². The summed E-state index contributed by atoms with van der Waals surface area (Å²) in [6, 6.07) is 53.9. The third kappa shape index (κ3) is 4.22. The summed E-state index contributed by atoms with van der Waals surface area (Å²) in [7, 11) is 0. The van der Waals surface area contributed by atoms with Gasteiger partial charge < -0.3 is 18.2 Å². The maximum atomic E-state index is 6.45. The minimum Gasteiger partial charge on any atom is -0.456 e. The van der Waals surface area contributed by atoms with Gasteiger partial charge in [0.05, 0.1) is 5.69 Å². The van der Waals surface area contributed by atoms with E-state index in [0.717, 1.165) is 88.7 Å². The van der Waals surface area contributed by atoms with Crippen molar-refractivity contribution in [1.29, 1.82) is 0 Å². The second kappa shape index (κ2) is 10.5. The van der Waals surface area contributed by atoms with Crippen LogP contribution in [0.15, 0.2) is 171 Å². The number of aromatic nitrogens is 1. The number of nitrogens with zero attached hydrogens (tertiary/aromatic N) is 2. The van der Waals surface area contributed by atoms with Crippen molar-refractivity contribution in [3.05, 3.63) is 158 Å². The maximum Gasteiger partial charge on any atom is 0.227 e. The average Bonchev–Trinajstić information content (AvgIpc) is 3.85. The fourth-order valence-electron chi connectivity index (χ4n) is 6.80. The molecule has 3 heterocycles. The number of fused-ring (bicyclic) bond motifs is 7. The molecular weight excluding hydrogens is 592 g/mol. The number of para-hydroxylation sites is 3. The van der Waals surface area contributed by atoms with Crippen LogP contribution in [0.25, 0.3) is 77.6 Å². The fourth-order valence-corrected chi connectivity index (χ4v) is 6.80. The first kappa shape index (κ1) is 26.6. The van der Waals surface area contributed by atoms with Gasteiger partial charge in [0, 0.05) is 44.5 Å². The Labute approximate surface area is 274 Å². The highest BCUT2D eigenvalue weighted by atomic mass is 16.4. The topological polar surface area (TPSA) is 55.6 Å². The summed E-state index contributed by atoms with van der Waals surface area (Å²) in [5, 5.41) is 4.26. The smallest absolute Gasteiger partial charge is 0.227 e. The monoisotopic (exact) mass is 618 g/mol. The molecule has 0 aliphatic rings. The summed E-state index contributed by atoms with van der Waals surface area (Å²) in [6.45, 7) is 0. The first-order valence-corrected chi connectivity index (χ1v) is 15.9. The third-order valence-electron chi connectivity index (χ3n) is 9.10. The number of oxazole rings is 1. The van der Waals surface area contributed by atoms with Crippen molar-refractivity contribution in [2.24, 2.45) is 0 Å². The van der Waals surface area contributed by atoms with Crippen LogP contribution >= 0.6 is 0 Å². The van der Waals surface area contributed by atoms with Crippen molar-refractivity contribution in [2.45, 2.75) is 0 Å². The molecule has 0 fully saturated rings. The molecule has 10 rings (SSSR count). The zero-order chi connectivity index (χ0) is 31.6. The lowest BCUT2D eigenvalue weighted by Gasteiger charge is -2.25. The predicted octanol–water partition coefficient (Wildman–Crippen LogP) is 12.4. The van der Waals surface area contributed by atoms with Crippen molar-refractivity contribution in [3.8, 4) is 22.6 Å². The summed E-state index contributed by atoms with van der Waals surface area (Å²) >= 11 is 0. The van der Waals surface area contributed by atoms with E-state index in [0.29, 0.717) is 5.89 Å². The van der Waals surface area contributed by atoms with E-state index in [1.807, 2.05) is 60.7 Å². The van der Waals surface area contributed by atoms with Crippen LogP contribution in [0, 0.1) is 0 Å². The second-order valence-corrected chi connectivity index (χ2v) is 12.0. The van der Waals surface area contributed by atoms with E-state index in [1.54, 1.807) is 0 Å². The zero-order valence-electron chi connectivity index (χ0n) is 25.6. The SMILES string of the molecule is c1ccc(-c2nc3cc4oc5cc(-c6ccc(N(c7ccccc7)c7cccc8c7oc7ccccc78)cc6)ccc5c4cc3o2)cc1. The van der Waals surface area contributed by atoms with Crippen LogP contribution < -0.4 is 4.90 Å². The maximum absolute atomic E-state index is 6.45. The first-order valence-electron chi connectivity index (χ1n) is 15.9. The normalized spacial score (nSPS) is 11.8. The number of benzene rings is 7. The molecule has 0 saturated heterocycles. The van der Waals surface area contributed by atoms with Gasteiger partial charge in [0.15, 0.2) is 11.2 Å². The van der Waals surface area contributed by atoms with E-state index >= 15 is 0 Å². The van der Waals surface area contributed by atoms with Crippen LogP contribution in [0.3, 0.4) is 0 Å². The standard InChI is InChI=1S/C43H26N2O3/c1-3-10-28(11-4-1)43-44-36-26-40-35(25-41(36)48-43)33-23-20-29(24-39(33)46-40)27-18-21-31(22-19-27)45(30-12-5-2-6-13-30)37-16-9-15-34-32-14-7-8-17-38(32)47-42(34)37/h1-26H. The number of rotatable bonds is 5. The van der Waals surface area contributed by atoms with E-state index < -0.39 is 0 Å². The van der Waals surface area contributed by atoms with Gasteiger partial charge in [-0.1, -0.05) is 84.9 Å². The molecule has 0 aliphatic heterocycles. The third-order valence-corrected chi connectivity index (χ3v) is 9.10. The van der Waals surface area contributed by atoms with Crippen molar-refractivity contribution in [1.82, 2.24) is 4.98 Å². The molecule has 0 aliphatic carbocycles. The van der Waals surface area contributed by atoms with Crippen LogP contribution in [0.4, 0.5) is 17.1 Å². The molecule has 0 saturated carbocycles. The van der Waals surface area contributed by atoms with E-state index in [2.05, 4.69) is 102 Å². The lowest BCUT2D eigenvalue weighted by molar-refractivity contribution is 0.620. The van der Waals surface area contributed by atoms with Gasteiger partial charge in [-0.05, 0) is 77.9 Å². The van der Waals surface area contributed by atoms with Gasteiger partial charge in [0.1, 0.15) is 22.3 Å². The van der Waals surface area contributed by atoms with Crippen LogP contribution in [0.1, 0.15) is 0 Å². The first-order chi connectivity index (χ1) is 23.8. The second-order valence-electron chi connectivity index (χ2n) is 12.0. The number of hydrogen-bond donors (Lipinski definition) is 0. The van der Waals surface area contributed by atoms with E-state index in [1.165, 1.54) is 0 Å².